The molecule has 0 fully saturated rings. The summed E-state index contributed by atoms with van der Waals surface area (Å²) >= 11 is 0. The zero-order valence-corrected chi connectivity index (χ0v) is 14.0. The zero-order chi connectivity index (χ0) is 17.1. The third kappa shape index (κ3) is 3.49. The van der Waals surface area contributed by atoms with E-state index < -0.39 is 0 Å². The van der Waals surface area contributed by atoms with Gasteiger partial charge in [0, 0.05) is 11.1 Å². The number of hydrogen-bond donors (Lipinski definition) is 3. The van der Waals surface area contributed by atoms with E-state index in [2.05, 4.69) is 0 Å². The second-order valence-corrected chi connectivity index (χ2v) is 6.48. The van der Waals surface area contributed by atoms with Crippen molar-refractivity contribution in [1.29, 1.82) is 0 Å². The lowest BCUT2D eigenvalue weighted by atomic mass is 9.96. The maximum Gasteiger partial charge on any atom is 0.165 e. The van der Waals surface area contributed by atoms with E-state index in [0.717, 1.165) is 49.7 Å². The molecule has 0 aromatic heterocycles. The highest BCUT2D eigenvalue weighted by atomic mass is 16.5. The summed E-state index contributed by atoms with van der Waals surface area (Å²) in [6.45, 7) is 0. The highest BCUT2D eigenvalue weighted by molar-refractivity contribution is 5.79. The first-order valence-corrected chi connectivity index (χ1v) is 8.48. The molecule has 1 atom stereocenters. The summed E-state index contributed by atoms with van der Waals surface area (Å²) in [6.07, 6.45) is 4.67. The van der Waals surface area contributed by atoms with Crippen molar-refractivity contribution in [3.05, 3.63) is 41.5 Å². The second kappa shape index (κ2) is 7.14. The van der Waals surface area contributed by atoms with Crippen LogP contribution in [0.2, 0.25) is 0 Å². The van der Waals surface area contributed by atoms with Gasteiger partial charge in [-0.15, -0.1) is 0 Å². The summed E-state index contributed by atoms with van der Waals surface area (Å²) in [7, 11) is 1.52. The molecule has 4 nitrogen and oxygen atoms in total. The lowest BCUT2D eigenvalue weighted by Crippen LogP contribution is -2.07. The van der Waals surface area contributed by atoms with E-state index in [1.165, 1.54) is 7.11 Å². The van der Waals surface area contributed by atoms with Crippen LogP contribution in [0.25, 0.3) is 11.1 Å². The number of phenolic OH excluding ortho intramolecular Hbond substituents is 2. The van der Waals surface area contributed by atoms with Gasteiger partial charge in [0.1, 0.15) is 5.75 Å². The smallest absolute Gasteiger partial charge is 0.165 e. The molecule has 0 heterocycles. The van der Waals surface area contributed by atoms with E-state index in [4.69, 9.17) is 4.74 Å². The van der Waals surface area contributed by atoms with Gasteiger partial charge in [-0.25, -0.2) is 0 Å². The minimum atomic E-state index is -0.277. The average molecular weight is 328 g/mol. The largest absolute Gasteiger partial charge is 0.507 e. The monoisotopic (exact) mass is 328 g/mol. The summed E-state index contributed by atoms with van der Waals surface area (Å²) in [5.41, 5.74) is 3.31. The first-order chi connectivity index (χ1) is 11.6. The Labute approximate surface area is 142 Å². The molecule has 1 aliphatic carbocycles. The number of benzene rings is 2. The van der Waals surface area contributed by atoms with Gasteiger partial charge in [-0.3, -0.25) is 0 Å². The molecule has 0 aliphatic heterocycles. The number of aliphatic hydroxyl groups is 1. The highest BCUT2D eigenvalue weighted by Gasteiger charge is 2.17. The van der Waals surface area contributed by atoms with E-state index >= 15 is 0 Å². The Morgan fingerprint density at radius 2 is 1.58 bits per heavy atom. The average Bonchev–Trinajstić information content (AvgIpc) is 2.58. The van der Waals surface area contributed by atoms with Crippen LogP contribution in [0, 0.1) is 0 Å². The third-order valence-corrected chi connectivity index (χ3v) is 4.71. The quantitative estimate of drug-likeness (QED) is 0.745. The Kier molecular flexibility index (Phi) is 4.95. The fourth-order valence-electron chi connectivity index (χ4n) is 3.35. The molecule has 0 saturated carbocycles. The number of aromatic hydroxyl groups is 2. The first-order valence-electron chi connectivity index (χ1n) is 8.48. The van der Waals surface area contributed by atoms with Crippen LogP contribution < -0.4 is 4.74 Å². The summed E-state index contributed by atoms with van der Waals surface area (Å²) in [6, 6.07) is 9.20. The Morgan fingerprint density at radius 3 is 2.29 bits per heavy atom. The molecule has 3 N–H and O–H groups in total. The predicted octanol–water partition coefficient (Wildman–Crippen LogP) is 3.79. The third-order valence-electron chi connectivity index (χ3n) is 4.71. The van der Waals surface area contributed by atoms with Gasteiger partial charge in [0.25, 0.3) is 0 Å². The fraction of sp³-hybridized carbons (Fsp3) is 0.400. The van der Waals surface area contributed by atoms with Gasteiger partial charge in [0.05, 0.1) is 13.2 Å². The standard InChI is InChI=1S/C20H24O4/c1-24-19-12-14-5-3-7-15(21)6-2-4-13-8-9-18(22)16(10-13)17(11-14)20(19)23/h8-12,15,21-23H,2-7H2,1H3. The van der Waals surface area contributed by atoms with Crippen molar-refractivity contribution in [2.75, 3.05) is 7.11 Å². The molecule has 0 radical (unpaired) electrons. The molecule has 1 unspecified atom stereocenters. The van der Waals surface area contributed by atoms with Gasteiger partial charge in [-0.05, 0) is 73.9 Å². The Morgan fingerprint density at radius 1 is 0.917 bits per heavy atom. The Balaban J connectivity index is 2.13. The van der Waals surface area contributed by atoms with Crippen LogP contribution in [0.4, 0.5) is 0 Å². The number of methoxy groups -OCH3 is 1. The first kappa shape index (κ1) is 16.7. The van der Waals surface area contributed by atoms with Gasteiger partial charge in [-0.1, -0.05) is 6.07 Å². The Hall–Kier alpha value is -2.20. The second-order valence-electron chi connectivity index (χ2n) is 6.48. The number of hydrogen-bond acceptors (Lipinski definition) is 4. The van der Waals surface area contributed by atoms with Gasteiger partial charge < -0.3 is 20.1 Å². The molecule has 1 aliphatic rings. The molecule has 2 aromatic rings. The van der Waals surface area contributed by atoms with Crippen LogP contribution in [0.5, 0.6) is 17.2 Å². The van der Waals surface area contributed by atoms with Gasteiger partial charge >= 0.3 is 0 Å². The molecule has 2 aromatic carbocycles. The SMILES string of the molecule is COc1cc2cc(c1O)-c1cc(ccc1O)CCCC(O)CCC2. The summed E-state index contributed by atoms with van der Waals surface area (Å²) in [4.78, 5) is 0. The van der Waals surface area contributed by atoms with Crippen LogP contribution in [-0.2, 0) is 12.8 Å². The number of fused-ring (bicyclic) bond motifs is 5. The van der Waals surface area contributed by atoms with Crippen molar-refractivity contribution < 1.29 is 20.1 Å². The van der Waals surface area contributed by atoms with Crippen molar-refractivity contribution in [3.63, 3.8) is 0 Å². The summed E-state index contributed by atoms with van der Waals surface area (Å²) in [5, 5.41) is 30.9. The topological polar surface area (TPSA) is 69.9 Å². The van der Waals surface area contributed by atoms with Crippen LogP contribution >= 0.6 is 0 Å². The van der Waals surface area contributed by atoms with Crippen molar-refractivity contribution in [3.8, 4) is 28.4 Å². The summed E-state index contributed by atoms with van der Waals surface area (Å²) in [5.74, 6) is 0.592. The zero-order valence-electron chi connectivity index (χ0n) is 14.0. The van der Waals surface area contributed by atoms with Crippen molar-refractivity contribution >= 4 is 0 Å². The molecule has 0 amide bonds. The van der Waals surface area contributed by atoms with Crippen molar-refractivity contribution in [1.82, 2.24) is 0 Å². The minimum absolute atomic E-state index is 0.0450. The molecule has 0 spiro atoms. The van der Waals surface area contributed by atoms with Gasteiger partial charge in [0.15, 0.2) is 11.5 Å². The van der Waals surface area contributed by atoms with Gasteiger partial charge in [-0.2, -0.15) is 0 Å². The molecule has 4 bridgehead atoms. The summed E-state index contributed by atoms with van der Waals surface area (Å²) < 4.78 is 5.30. The molecule has 128 valence electrons. The number of rotatable bonds is 1. The minimum Gasteiger partial charge on any atom is -0.507 e. The molecular formula is C20H24O4. The molecular weight excluding hydrogens is 304 g/mol. The van der Waals surface area contributed by atoms with E-state index in [0.29, 0.717) is 16.9 Å². The normalized spacial score (nSPS) is 18.2. The lowest BCUT2D eigenvalue weighted by Gasteiger charge is -2.14. The van der Waals surface area contributed by atoms with Gasteiger partial charge in [0.2, 0.25) is 0 Å². The van der Waals surface area contributed by atoms with Crippen molar-refractivity contribution in [2.45, 2.75) is 44.6 Å². The lowest BCUT2D eigenvalue weighted by molar-refractivity contribution is 0.149. The number of aryl methyl sites for hydroxylation is 2. The van der Waals surface area contributed by atoms with Crippen LogP contribution in [0.1, 0.15) is 36.8 Å². The van der Waals surface area contributed by atoms with E-state index in [9.17, 15) is 15.3 Å². The molecule has 3 rings (SSSR count). The Bertz CT molecular complexity index is 724. The fourth-order valence-corrected chi connectivity index (χ4v) is 3.35. The van der Waals surface area contributed by atoms with Crippen LogP contribution in [-0.4, -0.2) is 28.5 Å². The van der Waals surface area contributed by atoms with Crippen LogP contribution in [0.15, 0.2) is 30.3 Å². The molecule has 4 heteroatoms. The molecule has 0 saturated heterocycles. The van der Waals surface area contributed by atoms with E-state index in [1.54, 1.807) is 6.07 Å². The maximum atomic E-state index is 10.5. The molecule has 24 heavy (non-hydrogen) atoms. The maximum absolute atomic E-state index is 10.5. The van der Waals surface area contributed by atoms with Crippen LogP contribution in [0.3, 0.4) is 0 Å². The van der Waals surface area contributed by atoms with E-state index in [-0.39, 0.29) is 17.6 Å². The number of phenols is 2. The number of aliphatic hydroxyl groups excluding tert-OH is 1. The van der Waals surface area contributed by atoms with E-state index in [1.807, 2.05) is 24.3 Å². The number of ether oxygens (including phenoxy) is 1. The predicted molar refractivity (Wildman–Crippen MR) is 93.6 cm³/mol. The van der Waals surface area contributed by atoms with Crippen molar-refractivity contribution in [2.24, 2.45) is 0 Å². The highest BCUT2D eigenvalue weighted by Crippen LogP contribution is 2.42.